The minimum absolute atomic E-state index is 0.0355. The van der Waals surface area contributed by atoms with Crippen LogP contribution in [-0.2, 0) is 13.5 Å². The molecule has 0 saturated heterocycles. The molecule has 1 unspecified atom stereocenters. The summed E-state index contributed by atoms with van der Waals surface area (Å²) in [6.07, 6.45) is -0.329. The number of aliphatic hydroxyl groups is 1. The third-order valence-corrected chi connectivity index (χ3v) is 4.47. The minimum atomic E-state index is -0.797. The Morgan fingerprint density at radius 2 is 1.78 bits per heavy atom. The molecule has 27 heavy (non-hydrogen) atoms. The van der Waals surface area contributed by atoms with Crippen molar-refractivity contribution in [3.8, 4) is 11.1 Å². The summed E-state index contributed by atoms with van der Waals surface area (Å²) in [4.78, 5) is 10.9. The van der Waals surface area contributed by atoms with Gasteiger partial charge in [0.2, 0.25) is 5.82 Å². The van der Waals surface area contributed by atoms with Gasteiger partial charge in [0.1, 0.15) is 5.69 Å². The fourth-order valence-corrected chi connectivity index (χ4v) is 3.04. The molecule has 0 saturated carbocycles. The van der Waals surface area contributed by atoms with Crippen molar-refractivity contribution in [3.63, 3.8) is 0 Å². The lowest BCUT2D eigenvalue weighted by Crippen LogP contribution is -2.15. The highest BCUT2D eigenvalue weighted by Gasteiger charge is 2.25. The van der Waals surface area contributed by atoms with Crippen LogP contribution in [0, 0.1) is 10.1 Å². The number of benzene rings is 2. The van der Waals surface area contributed by atoms with E-state index < -0.39 is 11.0 Å². The number of aryl methyl sites for hydroxylation is 2. The lowest BCUT2D eigenvalue weighted by atomic mass is 10.0. The third kappa shape index (κ3) is 3.98. The van der Waals surface area contributed by atoms with E-state index in [0.717, 1.165) is 16.7 Å². The van der Waals surface area contributed by atoms with Crippen LogP contribution >= 0.6 is 0 Å². The Morgan fingerprint density at radius 3 is 2.37 bits per heavy atom. The molecule has 0 spiro atoms. The first kappa shape index (κ1) is 18.6. The number of aromatic nitrogens is 2. The van der Waals surface area contributed by atoms with Crippen molar-refractivity contribution in [2.45, 2.75) is 19.4 Å². The average molecular weight is 366 g/mol. The first-order chi connectivity index (χ1) is 13.0. The fraction of sp³-hybridized carbons (Fsp3) is 0.250. The largest absolute Gasteiger partial charge is 0.387 e. The SMILES string of the molecule is CCc1nn(C)c(NCC(O)c2ccc(-c3ccccc3)cc2)c1[N+](=O)[O-]. The van der Waals surface area contributed by atoms with Crippen LogP contribution in [0.3, 0.4) is 0 Å². The molecule has 1 atom stereocenters. The van der Waals surface area contributed by atoms with Crippen LogP contribution < -0.4 is 5.32 Å². The molecule has 3 aromatic rings. The third-order valence-electron chi connectivity index (χ3n) is 4.47. The van der Waals surface area contributed by atoms with Gasteiger partial charge in [-0.25, -0.2) is 4.68 Å². The van der Waals surface area contributed by atoms with Crippen LogP contribution in [0.1, 0.15) is 24.3 Å². The van der Waals surface area contributed by atoms with E-state index in [1.807, 2.05) is 61.5 Å². The molecular weight excluding hydrogens is 344 g/mol. The molecule has 0 aliphatic carbocycles. The van der Waals surface area contributed by atoms with Crippen LogP contribution in [0.15, 0.2) is 54.6 Å². The molecule has 0 amide bonds. The topological polar surface area (TPSA) is 93.2 Å². The van der Waals surface area contributed by atoms with Crippen LogP contribution in [0.2, 0.25) is 0 Å². The lowest BCUT2D eigenvalue weighted by molar-refractivity contribution is -0.384. The van der Waals surface area contributed by atoms with Gasteiger partial charge in [0.05, 0.1) is 11.0 Å². The molecule has 0 fully saturated rings. The minimum Gasteiger partial charge on any atom is -0.387 e. The summed E-state index contributed by atoms with van der Waals surface area (Å²) in [6, 6.07) is 17.6. The van der Waals surface area contributed by atoms with Crippen LogP contribution in [-0.4, -0.2) is 26.4 Å². The summed E-state index contributed by atoms with van der Waals surface area (Å²) in [5.74, 6) is 0.303. The van der Waals surface area contributed by atoms with Gasteiger partial charge in [-0.1, -0.05) is 61.5 Å². The van der Waals surface area contributed by atoms with Gasteiger partial charge in [0.15, 0.2) is 0 Å². The van der Waals surface area contributed by atoms with Gasteiger partial charge in [-0.05, 0) is 23.1 Å². The summed E-state index contributed by atoms with van der Waals surface area (Å²) >= 11 is 0. The molecule has 2 N–H and O–H groups in total. The Balaban J connectivity index is 1.72. The molecule has 0 radical (unpaired) electrons. The van der Waals surface area contributed by atoms with E-state index in [0.29, 0.717) is 17.9 Å². The van der Waals surface area contributed by atoms with E-state index in [4.69, 9.17) is 0 Å². The Labute approximate surface area is 157 Å². The predicted molar refractivity (Wildman–Crippen MR) is 105 cm³/mol. The number of nitrogens with one attached hydrogen (secondary N) is 1. The Bertz CT molecular complexity index is 920. The highest BCUT2D eigenvalue weighted by atomic mass is 16.6. The maximum Gasteiger partial charge on any atom is 0.333 e. The number of aliphatic hydroxyl groups excluding tert-OH is 1. The molecular formula is C20H22N4O3. The van der Waals surface area contributed by atoms with Gasteiger partial charge >= 0.3 is 5.69 Å². The summed E-state index contributed by atoms with van der Waals surface area (Å²) in [5, 5.41) is 29.0. The number of hydrogen-bond donors (Lipinski definition) is 2. The van der Waals surface area contributed by atoms with Crippen LogP contribution in [0.5, 0.6) is 0 Å². The number of nitrogens with zero attached hydrogens (tertiary/aromatic N) is 3. The molecule has 0 aliphatic rings. The quantitative estimate of drug-likeness (QED) is 0.491. The highest BCUT2D eigenvalue weighted by molar-refractivity contribution is 5.63. The Kier molecular flexibility index (Phi) is 5.52. The molecule has 0 bridgehead atoms. The summed E-state index contributed by atoms with van der Waals surface area (Å²) in [7, 11) is 1.65. The van der Waals surface area contributed by atoms with Gasteiger partial charge in [-0.15, -0.1) is 0 Å². The summed E-state index contributed by atoms with van der Waals surface area (Å²) < 4.78 is 1.45. The standard InChI is InChI=1S/C20H22N4O3/c1-3-17-19(24(26)27)20(23(2)22-17)21-13-18(25)16-11-9-15(10-12-16)14-7-5-4-6-8-14/h4-12,18,21,25H,3,13H2,1-2H3. The smallest absolute Gasteiger partial charge is 0.333 e. The first-order valence-corrected chi connectivity index (χ1v) is 8.78. The highest BCUT2D eigenvalue weighted by Crippen LogP contribution is 2.29. The van der Waals surface area contributed by atoms with Gasteiger partial charge in [0.25, 0.3) is 0 Å². The van der Waals surface area contributed by atoms with Crippen molar-refractivity contribution in [3.05, 3.63) is 76.0 Å². The molecule has 140 valence electrons. The molecule has 1 heterocycles. The van der Waals surface area contributed by atoms with Crippen molar-refractivity contribution in [1.29, 1.82) is 0 Å². The Morgan fingerprint density at radius 1 is 1.15 bits per heavy atom. The zero-order chi connectivity index (χ0) is 19.4. The summed E-state index contributed by atoms with van der Waals surface area (Å²) in [6.45, 7) is 1.97. The second-order valence-electron chi connectivity index (χ2n) is 6.26. The van der Waals surface area contributed by atoms with Crippen LogP contribution in [0.4, 0.5) is 11.5 Å². The number of rotatable bonds is 7. The zero-order valence-electron chi connectivity index (χ0n) is 15.3. The van der Waals surface area contributed by atoms with Crippen molar-refractivity contribution >= 4 is 11.5 Å². The number of hydrogen-bond acceptors (Lipinski definition) is 5. The molecule has 3 rings (SSSR count). The lowest BCUT2D eigenvalue weighted by Gasteiger charge is -2.13. The monoisotopic (exact) mass is 366 g/mol. The van der Waals surface area contributed by atoms with E-state index >= 15 is 0 Å². The van der Waals surface area contributed by atoms with Crippen molar-refractivity contribution in [2.24, 2.45) is 7.05 Å². The Hall–Kier alpha value is -3.19. The van der Waals surface area contributed by atoms with E-state index in [1.54, 1.807) is 7.05 Å². The van der Waals surface area contributed by atoms with Crippen molar-refractivity contribution in [1.82, 2.24) is 9.78 Å². The molecule has 2 aromatic carbocycles. The number of nitro groups is 1. The van der Waals surface area contributed by atoms with Gasteiger partial charge < -0.3 is 10.4 Å². The molecule has 7 heteroatoms. The van der Waals surface area contributed by atoms with Gasteiger partial charge in [-0.3, -0.25) is 10.1 Å². The van der Waals surface area contributed by atoms with E-state index in [-0.39, 0.29) is 12.2 Å². The maximum absolute atomic E-state index is 11.4. The molecule has 7 nitrogen and oxygen atoms in total. The first-order valence-electron chi connectivity index (χ1n) is 8.78. The predicted octanol–water partition coefficient (Wildman–Crippen LogP) is 3.70. The van der Waals surface area contributed by atoms with Crippen LogP contribution in [0.25, 0.3) is 11.1 Å². The van der Waals surface area contributed by atoms with E-state index in [9.17, 15) is 15.2 Å². The van der Waals surface area contributed by atoms with Gasteiger partial charge in [-0.2, -0.15) is 5.10 Å². The zero-order valence-corrected chi connectivity index (χ0v) is 15.3. The number of anilines is 1. The van der Waals surface area contributed by atoms with Crippen molar-refractivity contribution in [2.75, 3.05) is 11.9 Å². The van der Waals surface area contributed by atoms with E-state index in [2.05, 4.69) is 10.4 Å². The fourth-order valence-electron chi connectivity index (χ4n) is 3.04. The summed E-state index contributed by atoms with van der Waals surface area (Å²) in [5.41, 5.74) is 3.30. The van der Waals surface area contributed by atoms with Gasteiger partial charge in [0, 0.05) is 13.6 Å². The molecule has 1 aromatic heterocycles. The maximum atomic E-state index is 11.4. The van der Waals surface area contributed by atoms with Crippen molar-refractivity contribution < 1.29 is 10.0 Å². The molecule has 0 aliphatic heterocycles. The second-order valence-corrected chi connectivity index (χ2v) is 6.26. The second kappa shape index (κ2) is 8.01. The van der Waals surface area contributed by atoms with E-state index in [1.165, 1.54) is 4.68 Å². The average Bonchev–Trinajstić information content (AvgIpc) is 3.02. The normalized spacial score (nSPS) is 12.0.